The maximum Gasteiger partial charge on any atom is 0.264 e. The number of carbonyl (C=O) groups excluding carboxylic acids is 1. The van der Waals surface area contributed by atoms with Crippen LogP contribution in [0.3, 0.4) is 0 Å². The fourth-order valence-corrected chi connectivity index (χ4v) is 4.71. The summed E-state index contributed by atoms with van der Waals surface area (Å²) >= 11 is 9.55. The monoisotopic (exact) mass is 519 g/mol. The van der Waals surface area contributed by atoms with Crippen molar-refractivity contribution in [2.24, 2.45) is 5.10 Å². The normalized spacial score (nSPS) is 11.5. The van der Waals surface area contributed by atoms with Gasteiger partial charge < -0.3 is 0 Å². The number of nitrogens with one attached hydrogen (secondary N) is 1. The number of sulfonamides is 1. The fourth-order valence-electron chi connectivity index (χ4n) is 2.78. The summed E-state index contributed by atoms with van der Waals surface area (Å²) in [5.74, 6) is -0.591. The summed E-state index contributed by atoms with van der Waals surface area (Å²) in [6.07, 6.45) is 1.48. The van der Waals surface area contributed by atoms with Crippen LogP contribution < -0.4 is 9.73 Å². The molecule has 1 N–H and O–H groups in total. The Bertz CT molecular complexity index is 1200. The number of hydrazone groups is 1. The van der Waals surface area contributed by atoms with Crippen molar-refractivity contribution in [2.45, 2.75) is 11.8 Å². The quantitative estimate of drug-likeness (QED) is 0.360. The number of rotatable bonds is 7. The van der Waals surface area contributed by atoms with E-state index in [1.807, 2.05) is 24.3 Å². The molecule has 3 aromatic rings. The molecule has 0 spiro atoms. The van der Waals surface area contributed by atoms with E-state index >= 15 is 0 Å². The molecule has 6 nitrogen and oxygen atoms in total. The number of hydrogen-bond donors (Lipinski definition) is 1. The van der Waals surface area contributed by atoms with Crippen LogP contribution >= 0.6 is 27.5 Å². The third-order valence-electron chi connectivity index (χ3n) is 4.40. The van der Waals surface area contributed by atoms with Crippen LogP contribution in [0.25, 0.3) is 0 Å². The minimum absolute atomic E-state index is 0.0699. The molecule has 0 heterocycles. The second-order valence-electron chi connectivity index (χ2n) is 6.55. The van der Waals surface area contributed by atoms with Gasteiger partial charge in [0.1, 0.15) is 6.54 Å². The van der Waals surface area contributed by atoms with Gasteiger partial charge in [-0.2, -0.15) is 5.10 Å². The predicted molar refractivity (Wildman–Crippen MR) is 127 cm³/mol. The number of benzene rings is 3. The summed E-state index contributed by atoms with van der Waals surface area (Å²) in [4.78, 5) is 12.6. The Labute approximate surface area is 194 Å². The average molecular weight is 521 g/mol. The first kappa shape index (κ1) is 23.0. The number of halogens is 2. The minimum Gasteiger partial charge on any atom is -0.271 e. The predicted octanol–water partition coefficient (Wildman–Crippen LogP) is 4.76. The lowest BCUT2D eigenvalue weighted by atomic mass is 10.2. The van der Waals surface area contributed by atoms with E-state index in [4.69, 9.17) is 11.6 Å². The van der Waals surface area contributed by atoms with E-state index in [0.717, 1.165) is 14.3 Å². The van der Waals surface area contributed by atoms with Crippen LogP contribution in [-0.4, -0.2) is 27.1 Å². The lowest BCUT2D eigenvalue weighted by Gasteiger charge is -2.25. The van der Waals surface area contributed by atoms with Crippen molar-refractivity contribution in [2.75, 3.05) is 10.8 Å². The highest BCUT2D eigenvalue weighted by Crippen LogP contribution is 2.30. The molecule has 0 unspecified atom stereocenters. The molecule has 160 valence electrons. The molecular formula is C22H19BrClN3O3S. The lowest BCUT2D eigenvalue weighted by Crippen LogP contribution is -2.40. The molecule has 0 saturated heterocycles. The molecule has 3 aromatic carbocycles. The van der Waals surface area contributed by atoms with Crippen molar-refractivity contribution in [3.63, 3.8) is 0 Å². The molecule has 0 bridgehead atoms. The van der Waals surface area contributed by atoms with Crippen molar-refractivity contribution < 1.29 is 13.2 Å². The van der Waals surface area contributed by atoms with Gasteiger partial charge in [-0.25, -0.2) is 13.8 Å². The van der Waals surface area contributed by atoms with Gasteiger partial charge >= 0.3 is 0 Å². The van der Waals surface area contributed by atoms with Crippen molar-refractivity contribution in [3.8, 4) is 0 Å². The summed E-state index contributed by atoms with van der Waals surface area (Å²) in [5, 5.41) is 4.33. The van der Waals surface area contributed by atoms with Gasteiger partial charge in [0.2, 0.25) is 0 Å². The molecule has 9 heteroatoms. The number of anilines is 1. The molecule has 0 aliphatic carbocycles. The standard InChI is InChI=1S/C22H19BrClN3O3S/c1-16-20(24)8-5-9-21(16)27(31(29,30)19-6-3-2-4-7-19)15-22(28)26-25-14-17-10-12-18(23)13-11-17/h2-14H,15H2,1H3,(H,26,28)/b25-14-. The Balaban J connectivity index is 1.87. The van der Waals surface area contributed by atoms with Crippen LogP contribution in [0.2, 0.25) is 5.02 Å². The summed E-state index contributed by atoms with van der Waals surface area (Å²) in [7, 11) is -4.01. The van der Waals surface area contributed by atoms with Gasteiger partial charge in [0.25, 0.3) is 15.9 Å². The Morgan fingerprint density at radius 1 is 1.06 bits per heavy atom. The first-order valence-corrected chi connectivity index (χ1v) is 11.8. The van der Waals surface area contributed by atoms with Gasteiger partial charge in [0, 0.05) is 9.50 Å². The third-order valence-corrected chi connectivity index (χ3v) is 7.11. The highest BCUT2D eigenvalue weighted by atomic mass is 79.9. The largest absolute Gasteiger partial charge is 0.271 e. The zero-order valence-electron chi connectivity index (χ0n) is 16.5. The Morgan fingerprint density at radius 2 is 1.74 bits per heavy atom. The maximum atomic E-state index is 13.3. The zero-order valence-corrected chi connectivity index (χ0v) is 19.7. The molecule has 1 amide bonds. The van der Waals surface area contributed by atoms with E-state index in [0.29, 0.717) is 16.3 Å². The molecule has 31 heavy (non-hydrogen) atoms. The number of hydrogen-bond acceptors (Lipinski definition) is 4. The highest BCUT2D eigenvalue weighted by molar-refractivity contribution is 9.10. The van der Waals surface area contributed by atoms with Crippen LogP contribution in [0.5, 0.6) is 0 Å². The van der Waals surface area contributed by atoms with Gasteiger partial charge in [-0.15, -0.1) is 0 Å². The minimum atomic E-state index is -4.01. The molecule has 0 fully saturated rings. The van der Waals surface area contributed by atoms with Crippen LogP contribution in [-0.2, 0) is 14.8 Å². The Kier molecular flexibility index (Phi) is 7.48. The molecule has 0 radical (unpaired) electrons. The van der Waals surface area contributed by atoms with Crippen LogP contribution in [0.15, 0.2) is 87.3 Å². The summed E-state index contributed by atoms with van der Waals surface area (Å²) in [5.41, 5.74) is 4.04. The van der Waals surface area contributed by atoms with Gasteiger partial charge in [0.15, 0.2) is 0 Å². The van der Waals surface area contributed by atoms with E-state index in [-0.39, 0.29) is 4.90 Å². The first-order valence-electron chi connectivity index (χ1n) is 9.19. The van der Waals surface area contributed by atoms with Crippen molar-refractivity contribution >= 4 is 55.4 Å². The summed E-state index contributed by atoms with van der Waals surface area (Å²) in [6, 6.07) is 20.2. The van der Waals surface area contributed by atoms with Gasteiger partial charge in [-0.3, -0.25) is 9.10 Å². The van der Waals surface area contributed by atoms with Gasteiger partial charge in [-0.05, 0) is 54.4 Å². The van der Waals surface area contributed by atoms with E-state index in [9.17, 15) is 13.2 Å². The Hall–Kier alpha value is -2.68. The van der Waals surface area contributed by atoms with E-state index in [1.54, 1.807) is 43.3 Å². The van der Waals surface area contributed by atoms with Crippen molar-refractivity contribution in [1.82, 2.24) is 5.43 Å². The fraction of sp³-hybridized carbons (Fsp3) is 0.0909. The van der Waals surface area contributed by atoms with E-state index in [2.05, 4.69) is 26.5 Å². The Morgan fingerprint density at radius 3 is 2.42 bits per heavy atom. The summed E-state index contributed by atoms with van der Waals surface area (Å²) < 4.78 is 28.6. The lowest BCUT2D eigenvalue weighted by molar-refractivity contribution is -0.119. The van der Waals surface area contributed by atoms with Crippen LogP contribution in [0, 0.1) is 6.92 Å². The SMILES string of the molecule is Cc1c(Cl)cccc1N(CC(=O)N/N=C\c1ccc(Br)cc1)S(=O)(=O)c1ccccc1. The number of amides is 1. The molecule has 0 aromatic heterocycles. The smallest absolute Gasteiger partial charge is 0.264 e. The third kappa shape index (κ3) is 5.72. The second-order valence-corrected chi connectivity index (χ2v) is 9.74. The molecule has 3 rings (SSSR count). The van der Waals surface area contributed by atoms with Crippen molar-refractivity contribution in [1.29, 1.82) is 0 Å². The number of nitrogens with zero attached hydrogens (tertiary/aromatic N) is 2. The molecule has 0 saturated carbocycles. The first-order chi connectivity index (χ1) is 14.8. The highest BCUT2D eigenvalue weighted by Gasteiger charge is 2.28. The van der Waals surface area contributed by atoms with Gasteiger partial charge in [0.05, 0.1) is 16.8 Å². The second kappa shape index (κ2) is 10.1. The zero-order chi connectivity index (χ0) is 22.4. The molecule has 0 atom stereocenters. The van der Waals surface area contributed by atoms with Crippen molar-refractivity contribution in [3.05, 3.63) is 93.4 Å². The van der Waals surface area contributed by atoms with E-state index < -0.39 is 22.5 Å². The van der Waals surface area contributed by atoms with Crippen LogP contribution in [0.4, 0.5) is 5.69 Å². The topological polar surface area (TPSA) is 78.8 Å². The van der Waals surface area contributed by atoms with Crippen LogP contribution in [0.1, 0.15) is 11.1 Å². The maximum absolute atomic E-state index is 13.3. The molecule has 0 aliphatic heterocycles. The molecular weight excluding hydrogens is 502 g/mol. The van der Waals surface area contributed by atoms with Gasteiger partial charge in [-0.1, -0.05) is 63.9 Å². The molecule has 0 aliphatic rings. The van der Waals surface area contributed by atoms with E-state index in [1.165, 1.54) is 18.3 Å². The summed E-state index contributed by atoms with van der Waals surface area (Å²) in [6.45, 7) is 1.24. The number of carbonyl (C=O) groups is 1. The average Bonchev–Trinajstić information content (AvgIpc) is 2.76.